The Morgan fingerprint density at radius 2 is 1.88 bits per heavy atom. The van der Waals surface area contributed by atoms with Crippen molar-refractivity contribution in [2.75, 3.05) is 14.2 Å². The first-order chi connectivity index (χ1) is 12.1. The Kier molecular flexibility index (Phi) is 4.67. The number of aromatic nitrogens is 1. The Morgan fingerprint density at radius 3 is 2.52 bits per heavy atom. The van der Waals surface area contributed by atoms with Crippen LogP contribution in [0, 0.1) is 11.6 Å². The lowest BCUT2D eigenvalue weighted by Crippen LogP contribution is -1.96. The van der Waals surface area contributed by atoms with Gasteiger partial charge in [0.05, 0.1) is 37.5 Å². The molecule has 0 saturated carbocycles. The second-order valence-electron chi connectivity index (χ2n) is 5.16. The van der Waals surface area contributed by atoms with E-state index < -0.39 is 18.2 Å². The van der Waals surface area contributed by atoms with Gasteiger partial charge in [0.15, 0.2) is 17.3 Å². The summed E-state index contributed by atoms with van der Waals surface area (Å²) >= 11 is 0. The third-order valence-electron chi connectivity index (χ3n) is 3.78. The van der Waals surface area contributed by atoms with Crippen LogP contribution >= 0.6 is 0 Å². The van der Waals surface area contributed by atoms with E-state index in [0.29, 0.717) is 17.1 Å². The zero-order chi connectivity index (χ0) is 18.0. The van der Waals surface area contributed by atoms with E-state index >= 15 is 0 Å². The second-order valence-corrected chi connectivity index (χ2v) is 5.16. The van der Waals surface area contributed by atoms with Crippen molar-refractivity contribution in [3.8, 4) is 34.1 Å². The molecule has 3 rings (SSSR count). The third-order valence-corrected chi connectivity index (χ3v) is 3.78. The molecule has 0 aliphatic heterocycles. The quantitative estimate of drug-likeness (QED) is 0.761. The smallest absolute Gasteiger partial charge is 0.175 e. The van der Waals surface area contributed by atoms with Gasteiger partial charge in [-0.15, -0.1) is 0 Å². The Morgan fingerprint density at radius 1 is 1.08 bits per heavy atom. The highest BCUT2D eigenvalue weighted by atomic mass is 19.1. The van der Waals surface area contributed by atoms with Crippen LogP contribution in [0.1, 0.15) is 5.56 Å². The molecule has 0 saturated heterocycles. The summed E-state index contributed by atoms with van der Waals surface area (Å²) in [5.41, 5.74) is 1.07. The van der Waals surface area contributed by atoms with E-state index in [1.165, 1.54) is 20.3 Å². The van der Waals surface area contributed by atoms with E-state index in [4.69, 9.17) is 14.0 Å². The Hall–Kier alpha value is -2.93. The van der Waals surface area contributed by atoms with E-state index in [9.17, 15) is 13.9 Å². The number of aliphatic hydroxyl groups is 1. The highest BCUT2D eigenvalue weighted by Gasteiger charge is 2.24. The molecule has 0 bridgehead atoms. The molecule has 3 aromatic rings. The van der Waals surface area contributed by atoms with Gasteiger partial charge in [0.2, 0.25) is 0 Å². The molecule has 0 atom stereocenters. The Balaban J connectivity index is 2.19. The lowest BCUT2D eigenvalue weighted by Gasteiger charge is -2.11. The van der Waals surface area contributed by atoms with Crippen molar-refractivity contribution in [1.82, 2.24) is 5.16 Å². The maximum Gasteiger partial charge on any atom is 0.175 e. The minimum atomic E-state index is -0.810. The van der Waals surface area contributed by atoms with Crippen LogP contribution in [0.25, 0.3) is 22.6 Å². The standard InChI is InChI=1S/C18H15F2NO4/c1-23-15-5-3-4-12(18(15)24-2)16-13(9-22)17(25-21-16)11-7-6-10(19)8-14(11)20/h3-8,22H,9H2,1-2H3. The summed E-state index contributed by atoms with van der Waals surface area (Å²) in [5.74, 6) is -0.614. The first-order valence-corrected chi connectivity index (χ1v) is 7.36. The molecule has 0 spiro atoms. The summed E-state index contributed by atoms with van der Waals surface area (Å²) in [5, 5.41) is 13.7. The molecule has 0 amide bonds. The highest BCUT2D eigenvalue weighted by molar-refractivity contribution is 5.78. The van der Waals surface area contributed by atoms with E-state index in [2.05, 4.69) is 5.16 Å². The first kappa shape index (κ1) is 16.9. The van der Waals surface area contributed by atoms with Gasteiger partial charge in [-0.1, -0.05) is 11.2 Å². The molecule has 25 heavy (non-hydrogen) atoms. The zero-order valence-corrected chi connectivity index (χ0v) is 13.5. The average molecular weight is 347 g/mol. The van der Waals surface area contributed by atoms with Crippen molar-refractivity contribution in [3.63, 3.8) is 0 Å². The van der Waals surface area contributed by atoms with Gasteiger partial charge in [-0.2, -0.15) is 0 Å². The number of halogens is 2. The number of para-hydroxylation sites is 1. The van der Waals surface area contributed by atoms with Gasteiger partial charge in [-0.25, -0.2) is 8.78 Å². The molecule has 130 valence electrons. The number of hydrogen-bond acceptors (Lipinski definition) is 5. The van der Waals surface area contributed by atoms with Gasteiger partial charge < -0.3 is 19.1 Å². The van der Waals surface area contributed by atoms with Gasteiger partial charge in [0, 0.05) is 6.07 Å². The fourth-order valence-electron chi connectivity index (χ4n) is 2.63. The van der Waals surface area contributed by atoms with Crippen LogP contribution < -0.4 is 9.47 Å². The van der Waals surface area contributed by atoms with Crippen molar-refractivity contribution < 1.29 is 27.9 Å². The van der Waals surface area contributed by atoms with E-state index in [1.807, 2.05) is 0 Å². The molecule has 1 heterocycles. The normalized spacial score (nSPS) is 10.8. The SMILES string of the molecule is COc1cccc(-c2noc(-c3ccc(F)cc3F)c2CO)c1OC. The van der Waals surface area contributed by atoms with Gasteiger partial charge in [-0.05, 0) is 24.3 Å². The molecule has 5 nitrogen and oxygen atoms in total. The van der Waals surface area contributed by atoms with Gasteiger partial charge in [0.1, 0.15) is 17.3 Å². The molecule has 1 N–H and O–H groups in total. The van der Waals surface area contributed by atoms with Gasteiger partial charge >= 0.3 is 0 Å². The van der Waals surface area contributed by atoms with Crippen molar-refractivity contribution in [2.45, 2.75) is 6.61 Å². The van der Waals surface area contributed by atoms with Crippen LogP contribution in [0.15, 0.2) is 40.9 Å². The molecule has 2 aromatic carbocycles. The van der Waals surface area contributed by atoms with E-state index in [0.717, 1.165) is 12.1 Å². The first-order valence-electron chi connectivity index (χ1n) is 7.36. The van der Waals surface area contributed by atoms with E-state index in [1.54, 1.807) is 18.2 Å². The fraction of sp³-hybridized carbons (Fsp3) is 0.167. The summed E-state index contributed by atoms with van der Waals surface area (Å²) < 4.78 is 43.1. The molecular formula is C18H15F2NO4. The molecule has 1 aromatic heterocycles. The monoisotopic (exact) mass is 347 g/mol. The number of aliphatic hydroxyl groups excluding tert-OH is 1. The molecule has 0 unspecified atom stereocenters. The summed E-state index contributed by atoms with van der Waals surface area (Å²) in [6.45, 7) is -0.453. The number of nitrogens with zero attached hydrogens (tertiary/aromatic N) is 1. The maximum absolute atomic E-state index is 14.1. The van der Waals surface area contributed by atoms with Crippen molar-refractivity contribution in [2.24, 2.45) is 0 Å². The zero-order valence-electron chi connectivity index (χ0n) is 13.5. The minimum absolute atomic E-state index is 0.00561. The molecule has 7 heteroatoms. The Labute approximate surface area is 142 Å². The lowest BCUT2D eigenvalue weighted by molar-refractivity contribution is 0.281. The van der Waals surface area contributed by atoms with Crippen molar-refractivity contribution in [3.05, 3.63) is 53.6 Å². The summed E-state index contributed by atoms with van der Waals surface area (Å²) in [4.78, 5) is 0. The second kappa shape index (κ2) is 6.90. The van der Waals surface area contributed by atoms with Crippen LogP contribution in [0.3, 0.4) is 0 Å². The maximum atomic E-state index is 14.1. The largest absolute Gasteiger partial charge is 0.493 e. The van der Waals surface area contributed by atoms with Gasteiger partial charge in [-0.3, -0.25) is 0 Å². The van der Waals surface area contributed by atoms with Gasteiger partial charge in [0.25, 0.3) is 0 Å². The fourth-order valence-corrected chi connectivity index (χ4v) is 2.63. The summed E-state index contributed by atoms with van der Waals surface area (Å²) in [6, 6.07) is 8.23. The average Bonchev–Trinajstić information content (AvgIpc) is 3.04. The van der Waals surface area contributed by atoms with Crippen LogP contribution in [0.5, 0.6) is 11.5 Å². The summed E-state index contributed by atoms with van der Waals surface area (Å²) in [7, 11) is 2.97. The van der Waals surface area contributed by atoms with Crippen LogP contribution in [0.4, 0.5) is 8.78 Å². The number of benzene rings is 2. The number of rotatable bonds is 5. The lowest BCUT2D eigenvalue weighted by atomic mass is 10.0. The molecule has 0 aliphatic carbocycles. The molecule has 0 radical (unpaired) electrons. The number of hydrogen-bond donors (Lipinski definition) is 1. The Bertz CT molecular complexity index is 908. The van der Waals surface area contributed by atoms with Crippen molar-refractivity contribution >= 4 is 0 Å². The van der Waals surface area contributed by atoms with Crippen LogP contribution in [0.2, 0.25) is 0 Å². The van der Waals surface area contributed by atoms with Crippen LogP contribution in [-0.4, -0.2) is 24.5 Å². The minimum Gasteiger partial charge on any atom is -0.493 e. The highest BCUT2D eigenvalue weighted by Crippen LogP contribution is 2.41. The predicted molar refractivity (Wildman–Crippen MR) is 86.3 cm³/mol. The number of ether oxygens (including phenoxy) is 2. The number of methoxy groups -OCH3 is 2. The van der Waals surface area contributed by atoms with E-state index in [-0.39, 0.29) is 22.6 Å². The third kappa shape index (κ3) is 2.94. The topological polar surface area (TPSA) is 64.7 Å². The molecular weight excluding hydrogens is 332 g/mol. The molecule has 0 fully saturated rings. The summed E-state index contributed by atoms with van der Waals surface area (Å²) in [6.07, 6.45) is 0. The molecule has 0 aliphatic rings. The van der Waals surface area contributed by atoms with Crippen molar-refractivity contribution in [1.29, 1.82) is 0 Å². The van der Waals surface area contributed by atoms with Crippen LogP contribution in [-0.2, 0) is 6.61 Å². The predicted octanol–water partition coefficient (Wildman–Crippen LogP) is 3.80.